The molecule has 0 aliphatic rings. The van der Waals surface area contributed by atoms with Crippen LogP contribution in [0, 0.1) is 0 Å². The summed E-state index contributed by atoms with van der Waals surface area (Å²) in [4.78, 5) is 24.0. The van der Waals surface area contributed by atoms with Crippen molar-refractivity contribution in [2.45, 2.75) is 13.3 Å². The van der Waals surface area contributed by atoms with Gasteiger partial charge in [0.25, 0.3) is 0 Å². The highest BCUT2D eigenvalue weighted by atomic mass is 16.5. The lowest BCUT2D eigenvalue weighted by atomic mass is 10.4. The third-order valence-corrected chi connectivity index (χ3v) is 1.99. The highest BCUT2D eigenvalue weighted by molar-refractivity contribution is 5.75. The Morgan fingerprint density at radius 3 is 2.44 bits per heavy atom. The summed E-state index contributed by atoms with van der Waals surface area (Å²) in [5.74, 6) is -0.327. The number of carbonyl (C=O) groups excluding carboxylic acids is 2. The molecule has 0 radical (unpaired) electrons. The number of esters is 1. The van der Waals surface area contributed by atoms with Gasteiger partial charge in [-0.15, -0.1) is 0 Å². The summed E-state index contributed by atoms with van der Waals surface area (Å²) in [6.45, 7) is 3.63. The molecule has 2 amide bonds. The molecule has 1 N–H and O–H groups in total. The van der Waals surface area contributed by atoms with E-state index in [0.717, 1.165) is 0 Å². The van der Waals surface area contributed by atoms with Crippen LogP contribution in [0.2, 0.25) is 0 Å². The highest BCUT2D eigenvalue weighted by Gasteiger charge is 2.13. The Bertz CT molecular complexity index is 221. The number of ether oxygens (including phenoxy) is 2. The summed E-state index contributed by atoms with van der Waals surface area (Å²) in [7, 11) is 2.89. The normalized spacial score (nSPS) is 9.69. The molecule has 0 atom stereocenters. The van der Waals surface area contributed by atoms with E-state index in [2.05, 4.69) is 10.1 Å². The average molecular weight is 232 g/mol. The van der Waals surface area contributed by atoms with Crippen molar-refractivity contribution in [3.63, 3.8) is 0 Å². The third-order valence-electron chi connectivity index (χ3n) is 1.99. The highest BCUT2D eigenvalue weighted by Crippen LogP contribution is 1.95. The largest absolute Gasteiger partial charge is 0.469 e. The number of carbonyl (C=O) groups is 2. The minimum atomic E-state index is -0.327. The molecule has 0 saturated heterocycles. The molecule has 0 saturated carbocycles. The SMILES string of the molecule is CCNC(=O)N(CCOC)CCC(=O)OC. The van der Waals surface area contributed by atoms with Crippen LogP contribution >= 0.6 is 0 Å². The van der Waals surface area contributed by atoms with Gasteiger partial charge in [0.2, 0.25) is 0 Å². The Hall–Kier alpha value is -1.30. The van der Waals surface area contributed by atoms with E-state index in [1.54, 1.807) is 7.11 Å². The van der Waals surface area contributed by atoms with Crippen LogP contribution in [0.1, 0.15) is 13.3 Å². The maximum atomic E-state index is 11.6. The first kappa shape index (κ1) is 14.7. The summed E-state index contributed by atoms with van der Waals surface area (Å²) in [6, 6.07) is -0.191. The Balaban J connectivity index is 4.08. The molecule has 0 aromatic heterocycles. The van der Waals surface area contributed by atoms with Crippen molar-refractivity contribution in [2.24, 2.45) is 0 Å². The molecule has 6 heteroatoms. The van der Waals surface area contributed by atoms with Crippen molar-refractivity contribution in [3.8, 4) is 0 Å². The lowest BCUT2D eigenvalue weighted by Gasteiger charge is -2.21. The minimum Gasteiger partial charge on any atom is -0.469 e. The molecular formula is C10H20N2O4. The van der Waals surface area contributed by atoms with Gasteiger partial charge in [0.1, 0.15) is 0 Å². The average Bonchev–Trinajstić information content (AvgIpc) is 2.29. The first-order valence-electron chi connectivity index (χ1n) is 5.24. The fourth-order valence-corrected chi connectivity index (χ4v) is 1.11. The van der Waals surface area contributed by atoms with Gasteiger partial charge in [-0.2, -0.15) is 0 Å². The molecule has 16 heavy (non-hydrogen) atoms. The number of nitrogens with zero attached hydrogens (tertiary/aromatic N) is 1. The number of methoxy groups -OCH3 is 2. The monoisotopic (exact) mass is 232 g/mol. The molecule has 0 rings (SSSR count). The van der Waals surface area contributed by atoms with Crippen molar-refractivity contribution in [2.75, 3.05) is 40.5 Å². The van der Waals surface area contributed by atoms with E-state index in [-0.39, 0.29) is 18.4 Å². The summed E-state index contributed by atoms with van der Waals surface area (Å²) in [5, 5.41) is 2.68. The molecule has 0 aromatic rings. The zero-order valence-corrected chi connectivity index (χ0v) is 10.1. The summed E-state index contributed by atoms with van der Waals surface area (Å²) in [5.41, 5.74) is 0. The number of amides is 2. The minimum absolute atomic E-state index is 0.191. The number of hydrogen-bond acceptors (Lipinski definition) is 4. The van der Waals surface area contributed by atoms with Gasteiger partial charge in [-0.05, 0) is 6.92 Å². The maximum Gasteiger partial charge on any atom is 0.317 e. The third kappa shape index (κ3) is 6.23. The van der Waals surface area contributed by atoms with E-state index < -0.39 is 0 Å². The smallest absolute Gasteiger partial charge is 0.317 e. The number of nitrogens with one attached hydrogen (secondary N) is 1. The second-order valence-corrected chi connectivity index (χ2v) is 3.14. The maximum absolute atomic E-state index is 11.6. The Kier molecular flexibility index (Phi) is 8.24. The molecule has 0 aliphatic heterocycles. The van der Waals surface area contributed by atoms with Crippen molar-refractivity contribution in [1.82, 2.24) is 10.2 Å². The second kappa shape index (κ2) is 8.96. The van der Waals surface area contributed by atoms with Crippen LogP contribution in [-0.2, 0) is 14.3 Å². The van der Waals surface area contributed by atoms with Crippen molar-refractivity contribution < 1.29 is 19.1 Å². The van der Waals surface area contributed by atoms with Crippen LogP contribution in [0.3, 0.4) is 0 Å². The quantitative estimate of drug-likeness (QED) is 0.638. The van der Waals surface area contributed by atoms with Crippen LogP contribution < -0.4 is 5.32 Å². The lowest BCUT2D eigenvalue weighted by molar-refractivity contribution is -0.140. The van der Waals surface area contributed by atoms with Gasteiger partial charge in [-0.1, -0.05) is 0 Å². The topological polar surface area (TPSA) is 67.9 Å². The van der Waals surface area contributed by atoms with Crippen molar-refractivity contribution in [3.05, 3.63) is 0 Å². The molecule has 0 heterocycles. The zero-order valence-electron chi connectivity index (χ0n) is 10.1. The van der Waals surface area contributed by atoms with E-state index in [0.29, 0.717) is 26.2 Å². The predicted octanol–water partition coefficient (Wildman–Crippen LogP) is 0.227. The zero-order chi connectivity index (χ0) is 12.4. The number of urea groups is 1. The van der Waals surface area contributed by atoms with E-state index in [1.807, 2.05) is 6.92 Å². The van der Waals surface area contributed by atoms with Gasteiger partial charge in [-0.25, -0.2) is 4.79 Å². The Labute approximate surface area is 95.9 Å². The Morgan fingerprint density at radius 2 is 1.94 bits per heavy atom. The summed E-state index contributed by atoms with van der Waals surface area (Å²) < 4.78 is 9.41. The van der Waals surface area contributed by atoms with E-state index in [4.69, 9.17) is 4.74 Å². The summed E-state index contributed by atoms with van der Waals surface area (Å²) >= 11 is 0. The summed E-state index contributed by atoms with van der Waals surface area (Å²) in [6.07, 6.45) is 0.192. The standard InChI is InChI=1S/C10H20N2O4/c1-4-11-10(14)12(7-8-15-2)6-5-9(13)16-3/h4-8H2,1-3H3,(H,11,14). The molecule has 0 aliphatic carbocycles. The van der Waals surface area contributed by atoms with Crippen molar-refractivity contribution in [1.29, 1.82) is 0 Å². The van der Waals surface area contributed by atoms with Gasteiger partial charge in [0.05, 0.1) is 20.1 Å². The van der Waals surface area contributed by atoms with Crippen LogP contribution in [0.15, 0.2) is 0 Å². The van der Waals surface area contributed by atoms with Crippen molar-refractivity contribution >= 4 is 12.0 Å². The number of hydrogen-bond donors (Lipinski definition) is 1. The van der Waals surface area contributed by atoms with Gasteiger partial charge < -0.3 is 19.7 Å². The molecule has 0 aromatic carbocycles. The first-order valence-corrected chi connectivity index (χ1v) is 5.24. The molecule has 0 spiro atoms. The lowest BCUT2D eigenvalue weighted by Crippen LogP contribution is -2.42. The van der Waals surface area contributed by atoms with E-state index >= 15 is 0 Å². The van der Waals surface area contributed by atoms with E-state index in [9.17, 15) is 9.59 Å². The fourth-order valence-electron chi connectivity index (χ4n) is 1.11. The van der Waals surface area contributed by atoms with Crippen LogP contribution in [0.5, 0.6) is 0 Å². The van der Waals surface area contributed by atoms with Gasteiger partial charge >= 0.3 is 12.0 Å². The second-order valence-electron chi connectivity index (χ2n) is 3.14. The van der Waals surface area contributed by atoms with Crippen LogP contribution in [-0.4, -0.2) is 57.4 Å². The number of rotatable bonds is 7. The predicted molar refractivity (Wildman–Crippen MR) is 59.2 cm³/mol. The van der Waals surface area contributed by atoms with Crippen LogP contribution in [0.4, 0.5) is 4.79 Å². The van der Waals surface area contributed by atoms with Gasteiger partial charge in [-0.3, -0.25) is 4.79 Å². The molecule has 0 bridgehead atoms. The van der Waals surface area contributed by atoms with Gasteiger partial charge in [0, 0.05) is 26.7 Å². The Morgan fingerprint density at radius 1 is 1.25 bits per heavy atom. The van der Waals surface area contributed by atoms with E-state index in [1.165, 1.54) is 12.0 Å². The molecular weight excluding hydrogens is 212 g/mol. The van der Waals surface area contributed by atoms with Crippen LogP contribution in [0.25, 0.3) is 0 Å². The van der Waals surface area contributed by atoms with Gasteiger partial charge in [0.15, 0.2) is 0 Å². The molecule has 0 fully saturated rings. The molecule has 94 valence electrons. The molecule has 0 unspecified atom stereocenters. The first-order chi connectivity index (χ1) is 7.65. The fraction of sp³-hybridized carbons (Fsp3) is 0.800. The molecule has 6 nitrogen and oxygen atoms in total.